The molecule has 0 aliphatic rings. The number of halogens is 1. The van der Waals surface area contributed by atoms with E-state index >= 15 is 0 Å². The van der Waals surface area contributed by atoms with Crippen molar-refractivity contribution in [3.63, 3.8) is 0 Å². The summed E-state index contributed by atoms with van der Waals surface area (Å²) in [6, 6.07) is 16.4. The molecule has 4 aromatic rings. The van der Waals surface area contributed by atoms with Gasteiger partial charge in [0.05, 0.1) is 11.1 Å². The van der Waals surface area contributed by atoms with E-state index < -0.39 is 5.56 Å². The Balaban J connectivity index is 2.22. The predicted octanol–water partition coefficient (Wildman–Crippen LogP) is 4.47. The van der Waals surface area contributed by atoms with Crippen LogP contribution < -0.4 is 5.56 Å². The minimum absolute atomic E-state index is 0.0267. The zero-order valence-electron chi connectivity index (χ0n) is 11.8. The fourth-order valence-corrected chi connectivity index (χ4v) is 2.87. The first-order valence-corrected chi connectivity index (χ1v) is 7.30. The topological polar surface area (TPSA) is 69.8 Å². The maximum absolute atomic E-state index is 12.3. The molecule has 2 aromatic carbocycles. The summed E-state index contributed by atoms with van der Waals surface area (Å²) < 4.78 is 5.91. The van der Waals surface area contributed by atoms with E-state index in [1.165, 1.54) is 0 Å². The highest BCUT2D eigenvalue weighted by molar-refractivity contribution is 6.30. The van der Waals surface area contributed by atoms with Crippen molar-refractivity contribution >= 4 is 33.7 Å². The lowest BCUT2D eigenvalue weighted by Gasteiger charge is -2.05. The summed E-state index contributed by atoms with van der Waals surface area (Å²) in [7, 11) is 0. The van der Waals surface area contributed by atoms with Crippen LogP contribution in [0.3, 0.4) is 0 Å². The summed E-state index contributed by atoms with van der Waals surface area (Å²) in [4.78, 5) is 15.1. The normalized spacial score (nSPS) is 11.0. The molecule has 0 aliphatic carbocycles. The Hall–Kier alpha value is -3.03. The number of benzene rings is 2. The highest BCUT2D eigenvalue weighted by atomic mass is 35.5. The lowest BCUT2D eigenvalue weighted by Crippen LogP contribution is -2.11. The number of nitrogens with zero attached hydrogens (tertiary/aromatic N) is 1. The Morgan fingerprint density at radius 2 is 1.83 bits per heavy atom. The smallest absolute Gasteiger partial charge is 0.267 e. The van der Waals surface area contributed by atoms with Gasteiger partial charge in [-0.05, 0) is 29.8 Å². The van der Waals surface area contributed by atoms with Crippen LogP contribution in [0.2, 0.25) is 5.02 Å². The van der Waals surface area contributed by atoms with Gasteiger partial charge in [0.15, 0.2) is 5.58 Å². The molecular weight excluding hydrogens is 312 g/mol. The van der Waals surface area contributed by atoms with Gasteiger partial charge in [0, 0.05) is 10.4 Å². The fourth-order valence-electron chi connectivity index (χ4n) is 2.75. The van der Waals surface area contributed by atoms with E-state index in [1.807, 2.05) is 30.3 Å². The maximum Gasteiger partial charge on any atom is 0.267 e. The van der Waals surface area contributed by atoms with Crippen molar-refractivity contribution in [2.45, 2.75) is 0 Å². The number of H-pyrrole nitrogens is 1. The Morgan fingerprint density at radius 1 is 1.09 bits per heavy atom. The molecule has 2 aromatic heterocycles. The van der Waals surface area contributed by atoms with E-state index in [9.17, 15) is 10.1 Å². The monoisotopic (exact) mass is 320 g/mol. The van der Waals surface area contributed by atoms with Gasteiger partial charge in [0.2, 0.25) is 0 Å². The molecule has 4 rings (SSSR count). The zero-order valence-corrected chi connectivity index (χ0v) is 12.5. The van der Waals surface area contributed by atoms with Gasteiger partial charge in [-0.15, -0.1) is 0 Å². The number of aromatic amines is 1. The third kappa shape index (κ3) is 2.02. The van der Waals surface area contributed by atoms with Crippen LogP contribution in [0.4, 0.5) is 0 Å². The SMILES string of the molecule is N#Cc1c(-c2ccc(Cl)cc2)c2oc3ccccc3c2[nH]c1=O. The summed E-state index contributed by atoms with van der Waals surface area (Å²) in [6.45, 7) is 0. The minimum atomic E-state index is -0.434. The summed E-state index contributed by atoms with van der Waals surface area (Å²) in [5.74, 6) is 0. The number of rotatable bonds is 1. The molecule has 0 saturated heterocycles. The van der Waals surface area contributed by atoms with Gasteiger partial charge >= 0.3 is 0 Å². The quantitative estimate of drug-likeness (QED) is 0.562. The number of nitrogens with one attached hydrogen (secondary N) is 1. The van der Waals surface area contributed by atoms with Gasteiger partial charge in [-0.3, -0.25) is 4.79 Å². The van der Waals surface area contributed by atoms with Crippen LogP contribution >= 0.6 is 11.6 Å². The molecule has 0 fully saturated rings. The Labute approximate surface area is 135 Å². The molecule has 0 spiro atoms. The Morgan fingerprint density at radius 3 is 2.57 bits per heavy atom. The molecule has 0 bridgehead atoms. The fraction of sp³-hybridized carbons (Fsp3) is 0. The molecule has 0 radical (unpaired) electrons. The summed E-state index contributed by atoms with van der Waals surface area (Å²) in [5.41, 5.74) is 2.53. The summed E-state index contributed by atoms with van der Waals surface area (Å²) >= 11 is 5.93. The average Bonchev–Trinajstić information content (AvgIpc) is 2.93. The van der Waals surface area contributed by atoms with E-state index in [0.717, 1.165) is 5.39 Å². The van der Waals surface area contributed by atoms with Crippen LogP contribution in [0.25, 0.3) is 33.2 Å². The van der Waals surface area contributed by atoms with Crippen molar-refractivity contribution in [1.82, 2.24) is 4.98 Å². The van der Waals surface area contributed by atoms with Crippen LogP contribution in [-0.2, 0) is 0 Å². The standard InChI is InChI=1S/C18H9ClN2O2/c19-11-7-5-10(6-8-11)15-13(9-20)18(22)21-16-12-3-1-2-4-14(12)23-17(15)16/h1-8H,(H,21,22). The first-order chi connectivity index (χ1) is 11.2. The van der Waals surface area contributed by atoms with E-state index in [0.29, 0.717) is 32.8 Å². The number of fused-ring (bicyclic) bond motifs is 3. The van der Waals surface area contributed by atoms with Crippen molar-refractivity contribution in [3.8, 4) is 17.2 Å². The molecular formula is C18H9ClN2O2. The Kier molecular flexibility index (Phi) is 2.97. The van der Waals surface area contributed by atoms with E-state index in [1.54, 1.807) is 24.3 Å². The lowest BCUT2D eigenvalue weighted by molar-refractivity contribution is 0.669. The van der Waals surface area contributed by atoms with E-state index in [-0.39, 0.29) is 5.56 Å². The van der Waals surface area contributed by atoms with Crippen molar-refractivity contribution < 1.29 is 4.42 Å². The van der Waals surface area contributed by atoms with Gasteiger partial charge < -0.3 is 9.40 Å². The second kappa shape index (κ2) is 5.01. The third-order valence-corrected chi connectivity index (χ3v) is 4.03. The first kappa shape index (κ1) is 13.6. The summed E-state index contributed by atoms with van der Waals surface area (Å²) in [6.07, 6.45) is 0. The number of hydrogen-bond acceptors (Lipinski definition) is 3. The molecule has 5 heteroatoms. The molecule has 23 heavy (non-hydrogen) atoms. The van der Waals surface area contributed by atoms with Gasteiger partial charge in [-0.25, -0.2) is 0 Å². The second-order valence-electron chi connectivity index (χ2n) is 5.13. The number of nitriles is 1. The van der Waals surface area contributed by atoms with E-state index in [2.05, 4.69) is 4.98 Å². The molecule has 2 heterocycles. The number of hydrogen-bond donors (Lipinski definition) is 1. The molecule has 4 nitrogen and oxygen atoms in total. The Bertz CT molecular complexity index is 1150. The molecule has 1 N–H and O–H groups in total. The second-order valence-corrected chi connectivity index (χ2v) is 5.56. The summed E-state index contributed by atoms with van der Waals surface area (Å²) in [5, 5.41) is 10.8. The number of pyridine rings is 1. The number of para-hydroxylation sites is 1. The van der Waals surface area contributed by atoms with Crippen molar-refractivity contribution in [1.29, 1.82) is 5.26 Å². The van der Waals surface area contributed by atoms with Crippen LogP contribution in [0.1, 0.15) is 5.56 Å². The molecule has 0 aliphatic heterocycles. The van der Waals surface area contributed by atoms with Gasteiger partial charge in [0.25, 0.3) is 5.56 Å². The van der Waals surface area contributed by atoms with Gasteiger partial charge in [0.1, 0.15) is 17.2 Å². The lowest BCUT2D eigenvalue weighted by atomic mass is 10.0. The van der Waals surface area contributed by atoms with Crippen molar-refractivity contribution in [2.24, 2.45) is 0 Å². The number of aromatic nitrogens is 1. The predicted molar refractivity (Wildman–Crippen MR) is 89.5 cm³/mol. The van der Waals surface area contributed by atoms with E-state index in [4.69, 9.17) is 16.0 Å². The largest absolute Gasteiger partial charge is 0.454 e. The van der Waals surface area contributed by atoms with Crippen molar-refractivity contribution in [3.05, 3.63) is 69.5 Å². The van der Waals surface area contributed by atoms with Crippen LogP contribution in [0, 0.1) is 11.3 Å². The maximum atomic E-state index is 12.3. The average molecular weight is 321 g/mol. The molecule has 0 unspecified atom stereocenters. The highest BCUT2D eigenvalue weighted by Crippen LogP contribution is 2.35. The minimum Gasteiger partial charge on any atom is -0.454 e. The highest BCUT2D eigenvalue weighted by Gasteiger charge is 2.19. The first-order valence-electron chi connectivity index (χ1n) is 6.92. The molecule has 110 valence electrons. The molecule has 0 atom stereocenters. The number of furan rings is 1. The molecule has 0 saturated carbocycles. The van der Waals surface area contributed by atoms with Gasteiger partial charge in [-0.2, -0.15) is 5.26 Å². The van der Waals surface area contributed by atoms with Crippen molar-refractivity contribution in [2.75, 3.05) is 0 Å². The van der Waals surface area contributed by atoms with Crippen LogP contribution in [0.5, 0.6) is 0 Å². The van der Waals surface area contributed by atoms with Gasteiger partial charge in [-0.1, -0.05) is 35.9 Å². The van der Waals surface area contributed by atoms with Crippen LogP contribution in [-0.4, -0.2) is 4.98 Å². The molecule has 0 amide bonds. The zero-order chi connectivity index (χ0) is 16.0. The van der Waals surface area contributed by atoms with Crippen LogP contribution in [0.15, 0.2) is 57.7 Å². The third-order valence-electron chi connectivity index (χ3n) is 3.78.